The molecule has 0 radical (unpaired) electrons. The monoisotopic (exact) mass is 736 g/mol. The molecule has 0 bridgehead atoms. The third kappa shape index (κ3) is 4.87. The minimum absolute atomic E-state index is 0.192. The summed E-state index contributed by atoms with van der Waals surface area (Å²) in [4.78, 5) is 5.01. The van der Waals surface area contributed by atoms with Crippen LogP contribution in [0.4, 0.5) is 34.1 Å². The van der Waals surface area contributed by atoms with Crippen molar-refractivity contribution in [2.75, 3.05) is 9.80 Å². The standard InChI is InChI=1S/C53H40N2S/c1-33-15-13-17-35(27-33)54(36-18-14-16-34(2)28-36)48-30-42-38-20-6-8-22-40(38)49(31-43(42)37-19-5-7-21-39(37)48)55-47-25-11-10-24-45(47)53(3,4)46-29-44-41-23-9-12-26-51(41)56-52(44)32-50(46)55/h5-32H,1-4H3. The van der Waals surface area contributed by atoms with Crippen molar-refractivity contribution in [3.63, 3.8) is 0 Å². The van der Waals surface area contributed by atoms with Crippen LogP contribution in [0.15, 0.2) is 170 Å². The highest BCUT2D eigenvalue weighted by atomic mass is 32.1. The molecule has 0 amide bonds. The Balaban J connectivity index is 1.24. The van der Waals surface area contributed by atoms with Crippen LogP contribution in [0.25, 0.3) is 52.5 Å². The molecule has 1 aromatic heterocycles. The van der Waals surface area contributed by atoms with E-state index in [-0.39, 0.29) is 5.41 Å². The number of hydrogen-bond donors (Lipinski definition) is 0. The zero-order chi connectivity index (χ0) is 37.7. The van der Waals surface area contributed by atoms with Gasteiger partial charge in [0.1, 0.15) is 0 Å². The number of hydrogen-bond acceptors (Lipinski definition) is 3. The fraction of sp³-hybridized carbons (Fsp3) is 0.0943. The van der Waals surface area contributed by atoms with Crippen molar-refractivity contribution in [1.82, 2.24) is 0 Å². The first-order valence-electron chi connectivity index (χ1n) is 19.5. The molecule has 0 saturated carbocycles. The third-order valence-corrected chi connectivity index (χ3v) is 13.2. The number of aryl methyl sites for hydroxylation is 2. The van der Waals surface area contributed by atoms with Crippen molar-refractivity contribution < 1.29 is 0 Å². The molecule has 0 saturated heterocycles. The summed E-state index contributed by atoms with van der Waals surface area (Å²) in [6, 6.07) is 63.5. The number of anilines is 6. The summed E-state index contributed by atoms with van der Waals surface area (Å²) >= 11 is 1.89. The first-order chi connectivity index (χ1) is 27.3. The van der Waals surface area contributed by atoms with Gasteiger partial charge in [0, 0.05) is 47.7 Å². The van der Waals surface area contributed by atoms with E-state index >= 15 is 0 Å². The lowest BCUT2D eigenvalue weighted by Gasteiger charge is -2.42. The summed E-state index contributed by atoms with van der Waals surface area (Å²) < 4.78 is 2.65. The van der Waals surface area contributed by atoms with Crippen molar-refractivity contribution in [2.45, 2.75) is 33.1 Å². The van der Waals surface area contributed by atoms with E-state index in [4.69, 9.17) is 0 Å². The Morgan fingerprint density at radius 1 is 0.411 bits per heavy atom. The maximum Gasteiger partial charge on any atom is 0.0546 e. The maximum atomic E-state index is 2.57. The van der Waals surface area contributed by atoms with Crippen LogP contribution >= 0.6 is 11.3 Å². The van der Waals surface area contributed by atoms with E-state index < -0.39 is 0 Å². The number of rotatable bonds is 4. The van der Waals surface area contributed by atoms with Gasteiger partial charge >= 0.3 is 0 Å². The quantitative estimate of drug-likeness (QED) is 0.166. The Hall–Kier alpha value is -6.42. The molecule has 268 valence electrons. The highest BCUT2D eigenvalue weighted by Gasteiger charge is 2.38. The molecule has 0 atom stereocenters. The van der Waals surface area contributed by atoms with Crippen LogP contribution in [0, 0.1) is 13.8 Å². The van der Waals surface area contributed by atoms with Gasteiger partial charge in [-0.25, -0.2) is 0 Å². The van der Waals surface area contributed by atoms with E-state index in [2.05, 4.69) is 207 Å². The summed E-state index contributed by atoms with van der Waals surface area (Å²) in [7, 11) is 0. The molecule has 0 N–H and O–H groups in total. The zero-order valence-electron chi connectivity index (χ0n) is 32.0. The molecule has 0 spiro atoms. The summed E-state index contributed by atoms with van der Waals surface area (Å²) in [5.41, 5.74) is 12.1. The molecule has 0 unspecified atom stereocenters. The Morgan fingerprint density at radius 2 is 1.00 bits per heavy atom. The number of fused-ring (bicyclic) bond motifs is 10. The summed E-state index contributed by atoms with van der Waals surface area (Å²) in [5.74, 6) is 0. The molecule has 3 heteroatoms. The third-order valence-electron chi connectivity index (χ3n) is 12.1. The molecule has 11 rings (SSSR count). The van der Waals surface area contributed by atoms with Gasteiger partial charge < -0.3 is 9.80 Å². The van der Waals surface area contributed by atoms with Crippen molar-refractivity contribution in [2.24, 2.45) is 0 Å². The number of thiophene rings is 1. The Labute approximate surface area is 331 Å². The SMILES string of the molecule is Cc1cccc(N(c2cccc(C)c2)c2cc3c4ccccc4c(N4c5ccccc5C(C)(C)c5cc6c(cc54)sc4ccccc46)cc3c3ccccc23)c1. The smallest absolute Gasteiger partial charge is 0.0546 e. The van der Waals surface area contributed by atoms with Crippen LogP contribution in [0.5, 0.6) is 0 Å². The predicted octanol–water partition coefficient (Wildman–Crippen LogP) is 15.7. The largest absolute Gasteiger partial charge is 0.310 e. The lowest BCUT2D eigenvalue weighted by atomic mass is 9.73. The second-order valence-corrected chi connectivity index (χ2v) is 17.0. The zero-order valence-corrected chi connectivity index (χ0v) is 32.8. The van der Waals surface area contributed by atoms with Gasteiger partial charge in [-0.15, -0.1) is 11.3 Å². The summed E-state index contributed by atoms with van der Waals surface area (Å²) in [5, 5.41) is 10.1. The van der Waals surface area contributed by atoms with Gasteiger partial charge in [0.15, 0.2) is 0 Å². The molecule has 2 nitrogen and oxygen atoms in total. The Morgan fingerprint density at radius 3 is 1.71 bits per heavy atom. The van der Waals surface area contributed by atoms with Crippen LogP contribution < -0.4 is 9.80 Å². The lowest BCUT2D eigenvalue weighted by Crippen LogP contribution is -2.30. The fourth-order valence-electron chi connectivity index (χ4n) is 9.42. The van der Waals surface area contributed by atoms with Crippen molar-refractivity contribution in [1.29, 1.82) is 0 Å². The minimum Gasteiger partial charge on any atom is -0.310 e. The first kappa shape index (κ1) is 33.0. The van der Waals surface area contributed by atoms with Gasteiger partial charge in [-0.05, 0) is 118 Å². The maximum absolute atomic E-state index is 2.57. The van der Waals surface area contributed by atoms with Crippen LogP contribution in [-0.2, 0) is 5.41 Å². The number of benzene rings is 9. The van der Waals surface area contributed by atoms with Gasteiger partial charge in [0.25, 0.3) is 0 Å². The van der Waals surface area contributed by atoms with Crippen LogP contribution in [0.2, 0.25) is 0 Å². The van der Waals surface area contributed by atoms with E-state index in [0.29, 0.717) is 0 Å². The normalized spacial score (nSPS) is 13.5. The average molecular weight is 737 g/mol. The molecule has 0 fully saturated rings. The van der Waals surface area contributed by atoms with Gasteiger partial charge in [-0.2, -0.15) is 0 Å². The van der Waals surface area contributed by atoms with E-state index in [1.54, 1.807) is 0 Å². The van der Waals surface area contributed by atoms with Crippen molar-refractivity contribution in [3.05, 3.63) is 192 Å². The second kappa shape index (κ2) is 12.3. The molecule has 10 aromatic rings. The molecule has 1 aliphatic rings. The highest BCUT2D eigenvalue weighted by Crippen LogP contribution is 2.56. The van der Waals surface area contributed by atoms with Crippen molar-refractivity contribution in [3.8, 4) is 0 Å². The molecular weight excluding hydrogens is 697 g/mol. The van der Waals surface area contributed by atoms with Crippen LogP contribution in [-0.4, -0.2) is 0 Å². The van der Waals surface area contributed by atoms with Gasteiger partial charge in [-0.1, -0.05) is 123 Å². The fourth-order valence-corrected chi connectivity index (χ4v) is 10.5. The van der Waals surface area contributed by atoms with Crippen LogP contribution in [0.1, 0.15) is 36.1 Å². The predicted molar refractivity (Wildman–Crippen MR) is 243 cm³/mol. The molecule has 0 aliphatic carbocycles. The molecular formula is C53H40N2S. The number of nitrogens with zero attached hydrogens (tertiary/aromatic N) is 2. The summed E-state index contributed by atoms with van der Waals surface area (Å²) in [6.07, 6.45) is 0. The highest BCUT2D eigenvalue weighted by molar-refractivity contribution is 7.25. The van der Waals surface area contributed by atoms with Crippen molar-refractivity contribution >= 4 is 98.0 Å². The number of para-hydroxylation sites is 1. The van der Waals surface area contributed by atoms with Gasteiger partial charge in [-0.3, -0.25) is 0 Å². The topological polar surface area (TPSA) is 6.48 Å². The van der Waals surface area contributed by atoms with E-state index in [0.717, 1.165) is 11.4 Å². The summed E-state index contributed by atoms with van der Waals surface area (Å²) in [6.45, 7) is 9.14. The van der Waals surface area contributed by atoms with Crippen LogP contribution in [0.3, 0.4) is 0 Å². The molecule has 56 heavy (non-hydrogen) atoms. The van der Waals surface area contributed by atoms with E-state index in [9.17, 15) is 0 Å². The molecule has 2 heterocycles. The van der Waals surface area contributed by atoms with Gasteiger partial charge in [0.2, 0.25) is 0 Å². The molecule has 9 aromatic carbocycles. The van der Waals surface area contributed by atoms with E-state index in [1.807, 2.05) is 11.3 Å². The Kier molecular flexibility index (Phi) is 7.24. The Bertz CT molecular complexity index is 3180. The minimum atomic E-state index is -0.192. The van der Waals surface area contributed by atoms with E-state index in [1.165, 1.54) is 97.5 Å². The van der Waals surface area contributed by atoms with Gasteiger partial charge in [0.05, 0.1) is 22.7 Å². The first-order valence-corrected chi connectivity index (χ1v) is 20.3. The average Bonchev–Trinajstić information content (AvgIpc) is 3.58. The molecule has 1 aliphatic heterocycles. The lowest BCUT2D eigenvalue weighted by molar-refractivity contribution is 0.633. The second-order valence-electron chi connectivity index (χ2n) is 15.9.